The Hall–Kier alpha value is -2.50. The van der Waals surface area contributed by atoms with E-state index in [9.17, 15) is 9.59 Å². The van der Waals surface area contributed by atoms with Crippen molar-refractivity contribution in [1.82, 2.24) is 9.47 Å². The molecule has 2 aromatic rings. The molecule has 0 atom stereocenters. The minimum Gasteiger partial charge on any atom is -0.496 e. The fraction of sp³-hybridized carbons (Fsp3) is 0.444. The first-order valence-electron chi connectivity index (χ1n) is 7.74. The Morgan fingerprint density at radius 1 is 1.21 bits per heavy atom. The Bertz CT molecular complexity index is 769. The van der Waals surface area contributed by atoms with Gasteiger partial charge in [0, 0.05) is 25.7 Å². The van der Waals surface area contributed by atoms with Gasteiger partial charge in [-0.1, -0.05) is 6.07 Å². The number of hydrogen-bond acceptors (Lipinski definition) is 4. The predicted molar refractivity (Wildman–Crippen MR) is 92.5 cm³/mol. The molecule has 1 aromatic carbocycles. The van der Waals surface area contributed by atoms with Crippen LogP contribution in [0.4, 0.5) is 4.79 Å². The van der Waals surface area contributed by atoms with Crippen LogP contribution < -0.4 is 4.74 Å². The maximum absolute atomic E-state index is 12.5. The molecule has 0 aliphatic carbocycles. The zero-order valence-corrected chi connectivity index (χ0v) is 15.0. The number of nitrogens with zero attached hydrogens (tertiary/aromatic N) is 2. The smallest absolute Gasteiger partial charge is 0.419 e. The number of likely N-dealkylation sites (N-methyl/N-ethyl adjacent to an activating group) is 1. The third-order valence-electron chi connectivity index (χ3n) is 3.52. The molecule has 0 spiro atoms. The molecular weight excluding hydrogens is 310 g/mol. The number of fused-ring (bicyclic) bond motifs is 1. The van der Waals surface area contributed by atoms with Crippen LogP contribution in [0, 0.1) is 0 Å². The van der Waals surface area contributed by atoms with Gasteiger partial charge in [0.05, 0.1) is 19.0 Å². The van der Waals surface area contributed by atoms with Crippen molar-refractivity contribution in [2.75, 3.05) is 21.2 Å². The van der Waals surface area contributed by atoms with Gasteiger partial charge in [-0.15, -0.1) is 0 Å². The highest BCUT2D eigenvalue weighted by molar-refractivity contribution is 5.98. The summed E-state index contributed by atoms with van der Waals surface area (Å²) in [6, 6.07) is 5.43. The number of ether oxygens (including phenoxy) is 2. The first-order valence-corrected chi connectivity index (χ1v) is 7.74. The second kappa shape index (κ2) is 6.55. The molecule has 24 heavy (non-hydrogen) atoms. The zero-order valence-electron chi connectivity index (χ0n) is 15.0. The van der Waals surface area contributed by atoms with Crippen LogP contribution >= 0.6 is 0 Å². The minimum absolute atomic E-state index is 0.0517. The molecule has 6 heteroatoms. The van der Waals surface area contributed by atoms with E-state index in [1.807, 2.05) is 32.9 Å². The average Bonchev–Trinajstić information content (AvgIpc) is 2.84. The van der Waals surface area contributed by atoms with Gasteiger partial charge in [0.1, 0.15) is 11.4 Å². The highest BCUT2D eigenvalue weighted by Gasteiger charge is 2.23. The molecule has 1 aromatic heterocycles. The van der Waals surface area contributed by atoms with Gasteiger partial charge in [-0.25, -0.2) is 4.79 Å². The number of carbonyl (C=O) groups excluding carboxylic acids is 2. The summed E-state index contributed by atoms with van der Waals surface area (Å²) >= 11 is 0. The number of benzene rings is 1. The molecule has 0 aliphatic rings. The normalized spacial score (nSPS) is 11.4. The largest absolute Gasteiger partial charge is 0.496 e. The lowest BCUT2D eigenvalue weighted by molar-refractivity contribution is -0.127. The van der Waals surface area contributed by atoms with Gasteiger partial charge in [0.25, 0.3) is 0 Å². The fourth-order valence-corrected chi connectivity index (χ4v) is 2.42. The topological polar surface area (TPSA) is 60.8 Å². The van der Waals surface area contributed by atoms with Gasteiger partial charge < -0.3 is 14.4 Å². The van der Waals surface area contributed by atoms with Crippen LogP contribution in [0.3, 0.4) is 0 Å². The summed E-state index contributed by atoms with van der Waals surface area (Å²) in [7, 11) is 4.97. The van der Waals surface area contributed by atoms with Crippen molar-refractivity contribution in [3.05, 3.63) is 30.0 Å². The maximum Gasteiger partial charge on any atom is 0.419 e. The second-order valence-electron chi connectivity index (χ2n) is 6.82. The molecule has 130 valence electrons. The zero-order chi connectivity index (χ0) is 18.1. The number of hydrogen-bond donors (Lipinski definition) is 0. The van der Waals surface area contributed by atoms with E-state index in [-0.39, 0.29) is 12.3 Å². The van der Waals surface area contributed by atoms with E-state index in [4.69, 9.17) is 9.47 Å². The van der Waals surface area contributed by atoms with Crippen molar-refractivity contribution >= 4 is 22.9 Å². The molecule has 0 N–H and O–H groups in total. The molecule has 0 fully saturated rings. The summed E-state index contributed by atoms with van der Waals surface area (Å²) in [4.78, 5) is 26.2. The molecule has 0 radical (unpaired) electrons. The molecular formula is C18H24N2O4. The van der Waals surface area contributed by atoms with Crippen LogP contribution in [0.5, 0.6) is 5.75 Å². The maximum atomic E-state index is 12.5. The van der Waals surface area contributed by atoms with Crippen LogP contribution in [0.15, 0.2) is 24.4 Å². The number of methoxy groups -OCH3 is 1. The van der Waals surface area contributed by atoms with Gasteiger partial charge in [0.15, 0.2) is 0 Å². The van der Waals surface area contributed by atoms with E-state index in [0.717, 1.165) is 10.9 Å². The Labute approximate surface area is 141 Å². The van der Waals surface area contributed by atoms with Crippen molar-refractivity contribution in [3.8, 4) is 5.75 Å². The standard InChI is InChI=1S/C18H24N2O4/c1-18(2,3)24-17(22)20-11-12(10-15(21)19(4)5)16-13(20)8-7-9-14(16)23-6/h7-9,11H,10H2,1-6H3/i4+1,5+1. The molecule has 0 unspecified atom stereocenters. The summed E-state index contributed by atoms with van der Waals surface area (Å²) in [6.45, 7) is 5.44. The Morgan fingerprint density at radius 2 is 1.88 bits per heavy atom. The highest BCUT2D eigenvalue weighted by Crippen LogP contribution is 2.31. The van der Waals surface area contributed by atoms with Crippen LogP contribution in [-0.4, -0.2) is 48.3 Å². The molecule has 0 saturated carbocycles. The van der Waals surface area contributed by atoms with Crippen LogP contribution in [0.2, 0.25) is 0 Å². The number of carbonyl (C=O) groups is 2. The molecule has 6 nitrogen and oxygen atoms in total. The second-order valence-corrected chi connectivity index (χ2v) is 6.82. The van der Waals surface area contributed by atoms with E-state index < -0.39 is 11.7 Å². The quantitative estimate of drug-likeness (QED) is 0.810. The SMILES string of the molecule is COc1cccc2c1c(CC(=O)N([13CH3])[13CH3])cn2C(=O)OC(C)(C)C. The molecule has 1 amide bonds. The Kier molecular flexibility index (Phi) is 4.87. The van der Waals surface area contributed by atoms with E-state index in [0.29, 0.717) is 11.3 Å². The van der Waals surface area contributed by atoms with Gasteiger partial charge in [0.2, 0.25) is 5.91 Å². The molecule has 0 bridgehead atoms. The van der Waals surface area contributed by atoms with E-state index >= 15 is 0 Å². The molecule has 0 saturated heterocycles. The van der Waals surface area contributed by atoms with Crippen molar-refractivity contribution in [3.63, 3.8) is 0 Å². The number of aromatic nitrogens is 1. The summed E-state index contributed by atoms with van der Waals surface area (Å²) in [5.74, 6) is 0.570. The van der Waals surface area contributed by atoms with Gasteiger partial charge in [-0.05, 0) is 38.5 Å². The molecule has 2 rings (SSSR count). The Morgan fingerprint density at radius 3 is 2.42 bits per heavy atom. The summed E-state index contributed by atoms with van der Waals surface area (Å²) in [6.07, 6.45) is 1.35. The predicted octanol–water partition coefficient (Wildman–Crippen LogP) is 3.06. The molecule has 0 aliphatic heterocycles. The number of rotatable bonds is 3. The summed E-state index contributed by atoms with van der Waals surface area (Å²) in [5, 5.41) is 0.751. The number of amides is 1. The average molecular weight is 334 g/mol. The summed E-state index contributed by atoms with van der Waals surface area (Å²) < 4.78 is 12.3. The third kappa shape index (κ3) is 3.69. The third-order valence-corrected chi connectivity index (χ3v) is 3.52. The Balaban J connectivity index is 2.57. The lowest BCUT2D eigenvalue weighted by Crippen LogP contribution is -2.26. The van der Waals surface area contributed by atoms with Crippen LogP contribution in [0.1, 0.15) is 26.3 Å². The van der Waals surface area contributed by atoms with E-state index in [2.05, 4.69) is 0 Å². The van der Waals surface area contributed by atoms with Crippen molar-refractivity contribution in [2.24, 2.45) is 0 Å². The lowest BCUT2D eigenvalue weighted by atomic mass is 10.1. The van der Waals surface area contributed by atoms with Crippen molar-refractivity contribution < 1.29 is 19.1 Å². The fourth-order valence-electron chi connectivity index (χ4n) is 2.42. The summed E-state index contributed by atoms with van der Waals surface area (Å²) in [5.41, 5.74) is 0.781. The van der Waals surface area contributed by atoms with E-state index in [1.165, 1.54) is 9.47 Å². The minimum atomic E-state index is -0.605. The van der Waals surface area contributed by atoms with Crippen molar-refractivity contribution in [2.45, 2.75) is 32.8 Å². The lowest BCUT2D eigenvalue weighted by Gasteiger charge is -2.19. The van der Waals surface area contributed by atoms with Gasteiger partial charge in [-0.2, -0.15) is 0 Å². The van der Waals surface area contributed by atoms with Gasteiger partial charge >= 0.3 is 6.09 Å². The van der Waals surface area contributed by atoms with Gasteiger partial charge in [-0.3, -0.25) is 9.36 Å². The highest BCUT2D eigenvalue weighted by atomic mass is 16.6. The van der Waals surface area contributed by atoms with Crippen molar-refractivity contribution in [1.29, 1.82) is 0 Å². The monoisotopic (exact) mass is 334 g/mol. The van der Waals surface area contributed by atoms with E-state index in [1.54, 1.807) is 33.5 Å². The van der Waals surface area contributed by atoms with Crippen LogP contribution in [-0.2, 0) is 16.0 Å². The molecule has 1 heterocycles. The first kappa shape index (κ1) is 17.8. The first-order chi connectivity index (χ1) is 11.1. The van der Waals surface area contributed by atoms with Crippen LogP contribution in [0.25, 0.3) is 10.9 Å².